The molecule has 3 saturated carbocycles. The van der Waals surface area contributed by atoms with Crippen molar-refractivity contribution in [1.29, 1.82) is 0 Å². The summed E-state index contributed by atoms with van der Waals surface area (Å²) in [4.78, 5) is 23.6. The maximum atomic E-state index is 12.4. The molecule has 5 nitrogen and oxygen atoms in total. The van der Waals surface area contributed by atoms with Crippen LogP contribution in [-0.4, -0.2) is 23.9 Å². The van der Waals surface area contributed by atoms with Crippen LogP contribution in [0.15, 0.2) is 0 Å². The van der Waals surface area contributed by atoms with E-state index in [1.165, 1.54) is 0 Å². The second-order valence-electron chi connectivity index (χ2n) is 7.42. The van der Waals surface area contributed by atoms with Crippen LogP contribution in [0.2, 0.25) is 0 Å². The van der Waals surface area contributed by atoms with E-state index in [1.807, 2.05) is 0 Å². The van der Waals surface area contributed by atoms with Crippen LogP contribution in [0, 0.1) is 17.3 Å². The van der Waals surface area contributed by atoms with Crippen LogP contribution in [0.25, 0.3) is 0 Å². The van der Waals surface area contributed by atoms with Gasteiger partial charge in [0.05, 0.1) is 0 Å². The van der Waals surface area contributed by atoms with Crippen LogP contribution in [0.3, 0.4) is 0 Å². The summed E-state index contributed by atoms with van der Waals surface area (Å²) in [6.07, 6.45) is 8.77. The van der Waals surface area contributed by atoms with Crippen LogP contribution in [0.1, 0.15) is 57.8 Å². The Labute approximate surface area is 126 Å². The second-order valence-corrected chi connectivity index (χ2v) is 7.42. The average Bonchev–Trinajstić information content (AvgIpc) is 3.17. The molecule has 2 amide bonds. The van der Waals surface area contributed by atoms with Gasteiger partial charge in [-0.25, -0.2) is 0 Å². The summed E-state index contributed by atoms with van der Waals surface area (Å²) >= 11 is 0. The summed E-state index contributed by atoms with van der Waals surface area (Å²) in [7, 11) is 0. The largest absolute Gasteiger partial charge is 0.369 e. The first kappa shape index (κ1) is 14.8. The molecule has 0 bridgehead atoms. The Morgan fingerprint density at radius 3 is 2.19 bits per heavy atom. The predicted molar refractivity (Wildman–Crippen MR) is 80.1 cm³/mol. The highest BCUT2D eigenvalue weighted by Crippen LogP contribution is 2.61. The van der Waals surface area contributed by atoms with Crippen LogP contribution in [0.4, 0.5) is 0 Å². The molecule has 0 heterocycles. The summed E-state index contributed by atoms with van der Waals surface area (Å²) in [5.74, 6) is 0.247. The molecule has 3 fully saturated rings. The molecule has 0 saturated heterocycles. The van der Waals surface area contributed by atoms with E-state index in [-0.39, 0.29) is 35.1 Å². The zero-order valence-electron chi connectivity index (χ0n) is 12.6. The number of primary amides is 1. The van der Waals surface area contributed by atoms with Gasteiger partial charge in [0, 0.05) is 23.9 Å². The molecule has 0 radical (unpaired) electrons. The van der Waals surface area contributed by atoms with Crippen LogP contribution in [0.5, 0.6) is 0 Å². The summed E-state index contributed by atoms with van der Waals surface area (Å²) < 4.78 is 0. The van der Waals surface area contributed by atoms with Gasteiger partial charge in [0.15, 0.2) is 0 Å². The fourth-order valence-electron chi connectivity index (χ4n) is 4.31. The number of nitrogens with two attached hydrogens (primary N) is 2. The number of amides is 2. The van der Waals surface area contributed by atoms with E-state index in [0.29, 0.717) is 6.04 Å². The van der Waals surface area contributed by atoms with Crippen molar-refractivity contribution in [3.63, 3.8) is 0 Å². The summed E-state index contributed by atoms with van der Waals surface area (Å²) in [5.41, 5.74) is 11.6. The molecule has 3 aliphatic rings. The fourth-order valence-corrected chi connectivity index (χ4v) is 4.31. The minimum absolute atomic E-state index is 0.00486. The minimum atomic E-state index is -0.195. The predicted octanol–water partition coefficient (Wildman–Crippen LogP) is 1.05. The topological polar surface area (TPSA) is 98.2 Å². The van der Waals surface area contributed by atoms with Crippen LogP contribution >= 0.6 is 0 Å². The van der Waals surface area contributed by atoms with Gasteiger partial charge < -0.3 is 16.8 Å². The maximum absolute atomic E-state index is 12.4. The van der Waals surface area contributed by atoms with E-state index >= 15 is 0 Å². The Morgan fingerprint density at radius 2 is 1.62 bits per heavy atom. The molecule has 118 valence electrons. The maximum Gasteiger partial charge on any atom is 0.223 e. The highest BCUT2D eigenvalue weighted by molar-refractivity contribution is 5.83. The third kappa shape index (κ3) is 3.07. The first-order valence-electron chi connectivity index (χ1n) is 8.35. The summed E-state index contributed by atoms with van der Waals surface area (Å²) in [6.45, 7) is 0. The lowest BCUT2D eigenvalue weighted by Crippen LogP contribution is -2.41. The first-order chi connectivity index (χ1) is 10.00. The average molecular weight is 293 g/mol. The Bertz CT molecular complexity index is 421. The number of hydrogen-bond acceptors (Lipinski definition) is 3. The van der Waals surface area contributed by atoms with E-state index in [4.69, 9.17) is 11.5 Å². The lowest BCUT2D eigenvalue weighted by Gasteiger charge is -2.29. The zero-order chi connectivity index (χ0) is 15.0. The molecule has 1 spiro atoms. The fraction of sp³-hybridized carbons (Fsp3) is 0.875. The van der Waals surface area contributed by atoms with Gasteiger partial charge >= 0.3 is 0 Å². The SMILES string of the molecule is NC(=O)C1CCC(NC(=O)C2CC23CCC(N)CC3)CC1. The monoisotopic (exact) mass is 293 g/mol. The second kappa shape index (κ2) is 5.59. The van der Waals surface area contributed by atoms with Gasteiger partial charge in [0.1, 0.15) is 0 Å². The first-order valence-corrected chi connectivity index (χ1v) is 8.35. The third-order valence-corrected chi connectivity index (χ3v) is 6.01. The van der Waals surface area contributed by atoms with Gasteiger partial charge in [-0.15, -0.1) is 0 Å². The molecule has 0 aromatic carbocycles. The summed E-state index contributed by atoms with van der Waals surface area (Å²) in [5, 5.41) is 3.20. The van der Waals surface area contributed by atoms with Crippen molar-refractivity contribution < 1.29 is 9.59 Å². The van der Waals surface area contributed by atoms with Gasteiger partial charge in [-0.1, -0.05) is 0 Å². The molecular weight excluding hydrogens is 266 g/mol. The molecule has 21 heavy (non-hydrogen) atoms. The number of rotatable bonds is 3. The van der Waals surface area contributed by atoms with E-state index in [1.54, 1.807) is 0 Å². The number of carbonyl (C=O) groups excluding carboxylic acids is 2. The normalized spacial score (nSPS) is 42.5. The molecular formula is C16H27N3O2. The highest BCUT2D eigenvalue weighted by atomic mass is 16.2. The lowest BCUT2D eigenvalue weighted by molar-refractivity contribution is -0.124. The number of nitrogens with one attached hydrogen (secondary N) is 1. The van der Waals surface area contributed by atoms with Gasteiger partial charge in [-0.05, 0) is 63.2 Å². The smallest absolute Gasteiger partial charge is 0.223 e. The molecule has 5 N–H and O–H groups in total. The molecule has 3 rings (SSSR count). The van der Waals surface area contributed by atoms with Crippen molar-refractivity contribution in [2.24, 2.45) is 28.7 Å². The van der Waals surface area contributed by atoms with Crippen molar-refractivity contribution in [1.82, 2.24) is 5.32 Å². The highest BCUT2D eigenvalue weighted by Gasteiger charge is 2.58. The van der Waals surface area contributed by atoms with Crippen LogP contribution < -0.4 is 16.8 Å². The quantitative estimate of drug-likeness (QED) is 0.725. The molecule has 0 aliphatic heterocycles. The van der Waals surface area contributed by atoms with Crippen molar-refractivity contribution >= 4 is 11.8 Å². The minimum Gasteiger partial charge on any atom is -0.369 e. The third-order valence-electron chi connectivity index (χ3n) is 6.01. The standard InChI is InChI=1S/C16H27N3O2/c17-11-5-7-16(8-6-11)9-13(16)15(21)19-12-3-1-10(2-4-12)14(18)20/h10-13H,1-9,17H2,(H2,18,20)(H,19,21). The van der Waals surface area contributed by atoms with Gasteiger partial charge in [0.25, 0.3) is 0 Å². The molecule has 3 aliphatic carbocycles. The van der Waals surface area contributed by atoms with Gasteiger partial charge in [0.2, 0.25) is 11.8 Å². The summed E-state index contributed by atoms with van der Waals surface area (Å²) in [6, 6.07) is 0.570. The zero-order valence-corrected chi connectivity index (χ0v) is 12.6. The molecule has 0 aromatic heterocycles. The van der Waals surface area contributed by atoms with Crippen molar-refractivity contribution in [3.05, 3.63) is 0 Å². The van der Waals surface area contributed by atoms with Crippen LogP contribution in [-0.2, 0) is 9.59 Å². The van der Waals surface area contributed by atoms with Gasteiger partial charge in [-0.3, -0.25) is 9.59 Å². The molecule has 1 unspecified atom stereocenters. The molecule has 1 atom stereocenters. The number of carbonyl (C=O) groups is 2. The Hall–Kier alpha value is -1.10. The van der Waals surface area contributed by atoms with E-state index in [2.05, 4.69) is 5.32 Å². The van der Waals surface area contributed by atoms with Crippen molar-refractivity contribution in [2.45, 2.75) is 69.9 Å². The Balaban J connectivity index is 1.45. The Kier molecular flexibility index (Phi) is 3.95. The molecule has 5 heteroatoms. The van der Waals surface area contributed by atoms with Crippen molar-refractivity contribution in [2.75, 3.05) is 0 Å². The Morgan fingerprint density at radius 1 is 1.00 bits per heavy atom. The molecule has 0 aromatic rings. The van der Waals surface area contributed by atoms with Gasteiger partial charge in [-0.2, -0.15) is 0 Å². The number of hydrogen-bond donors (Lipinski definition) is 3. The van der Waals surface area contributed by atoms with Crippen molar-refractivity contribution in [3.8, 4) is 0 Å². The van der Waals surface area contributed by atoms with E-state index in [9.17, 15) is 9.59 Å². The van der Waals surface area contributed by atoms with E-state index < -0.39 is 0 Å². The lowest BCUT2D eigenvalue weighted by atomic mass is 9.81. The van der Waals surface area contributed by atoms with E-state index in [0.717, 1.165) is 57.8 Å².